The highest BCUT2D eigenvalue weighted by Crippen LogP contribution is 2.37. The van der Waals surface area contributed by atoms with E-state index in [1.54, 1.807) is 48.5 Å². The van der Waals surface area contributed by atoms with E-state index in [9.17, 15) is 9.59 Å². The van der Waals surface area contributed by atoms with Gasteiger partial charge in [-0.15, -0.1) is 0 Å². The molecule has 0 saturated carbocycles. The molecule has 0 spiro atoms. The second kappa shape index (κ2) is 10.8. The zero-order chi connectivity index (χ0) is 25.1. The van der Waals surface area contributed by atoms with Gasteiger partial charge in [0.25, 0.3) is 11.8 Å². The standard InChI is InChI=1S/C26H20Cl2N2O3S2/c1-15-7-9-18(11-16(15)2)30-25(32)23(35-26(30)34)13-17-8-10-22(20(28)12-17)33-14-24(31)29-21-6-4-3-5-19(21)27/h3-13H,14H2,1-2H3,(H,29,31)/b23-13-. The Balaban J connectivity index is 1.43. The quantitative estimate of drug-likeness (QED) is 0.267. The van der Waals surface area contributed by atoms with Gasteiger partial charge in [0.15, 0.2) is 10.9 Å². The van der Waals surface area contributed by atoms with Gasteiger partial charge in [-0.3, -0.25) is 14.5 Å². The van der Waals surface area contributed by atoms with Crippen LogP contribution in [-0.2, 0) is 9.59 Å². The fraction of sp³-hybridized carbons (Fsp3) is 0.115. The molecule has 0 unspecified atom stereocenters. The number of hydrogen-bond donors (Lipinski definition) is 1. The summed E-state index contributed by atoms with van der Waals surface area (Å²) in [5.74, 6) is -0.204. The van der Waals surface area contributed by atoms with Crippen LogP contribution in [0.4, 0.5) is 11.4 Å². The van der Waals surface area contributed by atoms with Crippen LogP contribution in [0.3, 0.4) is 0 Å². The van der Waals surface area contributed by atoms with E-state index in [0.29, 0.717) is 36.3 Å². The Morgan fingerprint density at radius 2 is 1.83 bits per heavy atom. The number of carbonyl (C=O) groups is 2. The van der Waals surface area contributed by atoms with Crippen molar-refractivity contribution < 1.29 is 14.3 Å². The van der Waals surface area contributed by atoms with Crippen LogP contribution in [0.1, 0.15) is 16.7 Å². The third-order valence-electron chi connectivity index (χ3n) is 5.30. The van der Waals surface area contributed by atoms with Gasteiger partial charge in [0.1, 0.15) is 5.75 Å². The Morgan fingerprint density at radius 3 is 2.54 bits per heavy atom. The molecule has 9 heteroatoms. The number of benzene rings is 3. The first-order valence-corrected chi connectivity index (χ1v) is 12.5. The second-order valence-electron chi connectivity index (χ2n) is 7.79. The van der Waals surface area contributed by atoms with Crippen molar-refractivity contribution in [3.05, 3.63) is 92.3 Å². The maximum absolute atomic E-state index is 13.1. The fourth-order valence-corrected chi connectivity index (χ4v) is 5.05. The van der Waals surface area contributed by atoms with Crippen molar-refractivity contribution in [1.29, 1.82) is 0 Å². The lowest BCUT2D eigenvalue weighted by Crippen LogP contribution is -2.27. The summed E-state index contributed by atoms with van der Waals surface area (Å²) in [5.41, 5.74) is 4.19. The minimum absolute atomic E-state index is 0.184. The summed E-state index contributed by atoms with van der Waals surface area (Å²) in [4.78, 5) is 27.3. The van der Waals surface area contributed by atoms with E-state index >= 15 is 0 Å². The van der Waals surface area contributed by atoms with Gasteiger partial charge >= 0.3 is 0 Å². The van der Waals surface area contributed by atoms with E-state index in [0.717, 1.165) is 16.8 Å². The highest BCUT2D eigenvalue weighted by Gasteiger charge is 2.33. The van der Waals surface area contributed by atoms with Crippen molar-refractivity contribution >= 4 is 80.8 Å². The van der Waals surface area contributed by atoms with Gasteiger partial charge in [-0.1, -0.05) is 71.4 Å². The molecule has 3 aromatic carbocycles. The molecule has 0 bridgehead atoms. The molecule has 4 rings (SSSR count). The second-order valence-corrected chi connectivity index (χ2v) is 10.3. The molecule has 2 amide bonds. The lowest BCUT2D eigenvalue weighted by atomic mass is 10.1. The fourth-order valence-electron chi connectivity index (χ4n) is 3.32. The molecule has 0 atom stereocenters. The van der Waals surface area contributed by atoms with Crippen molar-refractivity contribution in [3.63, 3.8) is 0 Å². The van der Waals surface area contributed by atoms with E-state index in [1.807, 2.05) is 32.0 Å². The lowest BCUT2D eigenvalue weighted by Gasteiger charge is -2.15. The van der Waals surface area contributed by atoms with Crippen molar-refractivity contribution in [2.75, 3.05) is 16.8 Å². The van der Waals surface area contributed by atoms with Crippen molar-refractivity contribution in [3.8, 4) is 5.75 Å². The van der Waals surface area contributed by atoms with E-state index in [2.05, 4.69) is 5.32 Å². The van der Waals surface area contributed by atoms with Crippen LogP contribution in [0, 0.1) is 13.8 Å². The molecule has 1 aliphatic rings. The molecule has 5 nitrogen and oxygen atoms in total. The lowest BCUT2D eigenvalue weighted by molar-refractivity contribution is -0.118. The number of nitrogens with zero attached hydrogens (tertiary/aromatic N) is 1. The number of thioether (sulfide) groups is 1. The number of para-hydroxylation sites is 1. The van der Waals surface area contributed by atoms with Gasteiger partial charge in [0.2, 0.25) is 0 Å². The molecular weight excluding hydrogens is 523 g/mol. The first kappa shape index (κ1) is 25.3. The Hall–Kier alpha value is -2.84. The highest BCUT2D eigenvalue weighted by molar-refractivity contribution is 8.27. The number of aryl methyl sites for hydroxylation is 2. The van der Waals surface area contributed by atoms with E-state index in [1.165, 1.54) is 16.7 Å². The molecule has 178 valence electrons. The maximum atomic E-state index is 13.1. The summed E-state index contributed by atoms with van der Waals surface area (Å²) in [5, 5.41) is 3.44. The third-order valence-corrected chi connectivity index (χ3v) is 7.23. The minimum atomic E-state index is -0.367. The van der Waals surface area contributed by atoms with Crippen molar-refractivity contribution in [1.82, 2.24) is 0 Å². The van der Waals surface area contributed by atoms with Crippen LogP contribution in [0.5, 0.6) is 5.75 Å². The molecule has 1 fully saturated rings. The largest absolute Gasteiger partial charge is 0.482 e. The molecular formula is C26H20Cl2N2O3S2. The Bertz CT molecular complexity index is 1370. The number of anilines is 2. The van der Waals surface area contributed by atoms with Gasteiger partial charge in [0.05, 0.1) is 26.3 Å². The number of carbonyl (C=O) groups excluding carboxylic acids is 2. The Labute approximate surface area is 223 Å². The van der Waals surface area contributed by atoms with Gasteiger partial charge < -0.3 is 10.1 Å². The monoisotopic (exact) mass is 542 g/mol. The Morgan fingerprint density at radius 1 is 1.06 bits per heavy atom. The number of rotatable bonds is 6. The smallest absolute Gasteiger partial charge is 0.270 e. The molecule has 3 aromatic rings. The molecule has 1 N–H and O–H groups in total. The summed E-state index contributed by atoms with van der Waals surface area (Å²) in [7, 11) is 0. The zero-order valence-corrected chi connectivity index (χ0v) is 21.9. The van der Waals surface area contributed by atoms with Crippen LogP contribution < -0.4 is 15.0 Å². The average Bonchev–Trinajstić information content (AvgIpc) is 3.09. The van der Waals surface area contributed by atoms with E-state index in [4.69, 9.17) is 40.2 Å². The van der Waals surface area contributed by atoms with Crippen LogP contribution in [0.15, 0.2) is 65.6 Å². The average molecular weight is 543 g/mol. The summed E-state index contributed by atoms with van der Waals surface area (Å²) in [6.07, 6.45) is 1.74. The highest BCUT2D eigenvalue weighted by atomic mass is 35.5. The minimum Gasteiger partial charge on any atom is -0.482 e. The molecule has 0 aliphatic carbocycles. The number of amides is 2. The summed E-state index contributed by atoms with van der Waals surface area (Å²) in [6.45, 7) is 3.78. The van der Waals surface area contributed by atoms with Crippen LogP contribution in [0.2, 0.25) is 10.0 Å². The first-order valence-electron chi connectivity index (χ1n) is 10.5. The molecule has 1 saturated heterocycles. The molecule has 35 heavy (non-hydrogen) atoms. The number of nitrogens with one attached hydrogen (secondary N) is 1. The topological polar surface area (TPSA) is 58.6 Å². The van der Waals surface area contributed by atoms with Gasteiger partial charge in [-0.25, -0.2) is 0 Å². The summed E-state index contributed by atoms with van der Waals surface area (Å²) >= 11 is 19.1. The van der Waals surface area contributed by atoms with E-state index in [-0.39, 0.29) is 18.4 Å². The Kier molecular flexibility index (Phi) is 7.82. The number of thiocarbonyl (C=S) groups is 1. The summed E-state index contributed by atoms with van der Waals surface area (Å²) < 4.78 is 6.03. The van der Waals surface area contributed by atoms with E-state index < -0.39 is 0 Å². The summed E-state index contributed by atoms with van der Waals surface area (Å²) in [6, 6.07) is 17.8. The van der Waals surface area contributed by atoms with Gasteiger partial charge in [-0.2, -0.15) is 0 Å². The molecule has 1 heterocycles. The van der Waals surface area contributed by atoms with Crippen LogP contribution in [0.25, 0.3) is 6.08 Å². The maximum Gasteiger partial charge on any atom is 0.270 e. The van der Waals surface area contributed by atoms with Crippen LogP contribution >= 0.6 is 47.2 Å². The predicted octanol–water partition coefficient (Wildman–Crippen LogP) is 7.03. The van der Waals surface area contributed by atoms with Gasteiger partial charge in [0, 0.05) is 0 Å². The molecule has 0 aromatic heterocycles. The van der Waals surface area contributed by atoms with Crippen LogP contribution in [-0.4, -0.2) is 22.7 Å². The normalized spacial score (nSPS) is 14.5. The molecule has 1 aliphatic heterocycles. The zero-order valence-electron chi connectivity index (χ0n) is 18.8. The van der Waals surface area contributed by atoms with Gasteiger partial charge in [-0.05, 0) is 73.0 Å². The SMILES string of the molecule is Cc1ccc(N2C(=O)/C(=C/c3ccc(OCC(=O)Nc4ccccc4Cl)c(Cl)c3)SC2=S)cc1C. The molecule has 0 radical (unpaired) electrons. The number of ether oxygens (including phenoxy) is 1. The predicted molar refractivity (Wildman–Crippen MR) is 149 cm³/mol. The first-order chi connectivity index (χ1) is 16.7. The number of hydrogen-bond acceptors (Lipinski definition) is 5. The van der Waals surface area contributed by atoms with Crippen molar-refractivity contribution in [2.45, 2.75) is 13.8 Å². The van der Waals surface area contributed by atoms with Crippen molar-refractivity contribution in [2.24, 2.45) is 0 Å². The number of halogens is 2. The third kappa shape index (κ3) is 5.87.